The van der Waals surface area contributed by atoms with E-state index in [0.717, 1.165) is 37.4 Å². The molecule has 0 aromatic carbocycles. The Morgan fingerprint density at radius 2 is 1.75 bits per heavy atom. The molecule has 2 aliphatic rings. The van der Waals surface area contributed by atoms with Crippen LogP contribution in [0.15, 0.2) is 12.1 Å². The van der Waals surface area contributed by atoms with Crippen LogP contribution in [-0.4, -0.2) is 47.8 Å². The number of ether oxygens (including phenoxy) is 1. The van der Waals surface area contributed by atoms with Crippen LogP contribution in [-0.2, 0) is 17.6 Å². The van der Waals surface area contributed by atoms with Gasteiger partial charge in [0.25, 0.3) is 0 Å². The molecule has 0 saturated carbocycles. The molecule has 0 spiro atoms. The smallest absolute Gasteiger partial charge is 0.410 e. The van der Waals surface area contributed by atoms with Crippen LogP contribution in [0, 0.1) is 0 Å². The second-order valence-corrected chi connectivity index (χ2v) is 7.79. The number of hydrogen-bond donors (Lipinski definition) is 0. The topological polar surface area (TPSA) is 45.7 Å². The van der Waals surface area contributed by atoms with Crippen molar-refractivity contribution in [1.82, 2.24) is 9.88 Å². The number of amides is 1. The van der Waals surface area contributed by atoms with Crippen molar-refractivity contribution >= 4 is 11.9 Å². The molecule has 0 aliphatic carbocycles. The van der Waals surface area contributed by atoms with Crippen molar-refractivity contribution in [1.29, 1.82) is 0 Å². The fourth-order valence-corrected chi connectivity index (χ4v) is 3.38. The van der Waals surface area contributed by atoms with E-state index in [0.29, 0.717) is 13.1 Å². The van der Waals surface area contributed by atoms with Gasteiger partial charge < -0.3 is 14.5 Å². The van der Waals surface area contributed by atoms with Crippen LogP contribution >= 0.6 is 0 Å². The summed E-state index contributed by atoms with van der Waals surface area (Å²) in [5.74, 6) is 1.10. The summed E-state index contributed by atoms with van der Waals surface area (Å²) >= 11 is 0. The number of aromatic nitrogens is 1. The molecule has 0 bridgehead atoms. The van der Waals surface area contributed by atoms with Crippen molar-refractivity contribution in [2.45, 2.75) is 58.5 Å². The molecular weight excluding hydrogens is 302 g/mol. The molecule has 0 N–H and O–H groups in total. The molecule has 1 fully saturated rings. The number of anilines is 1. The van der Waals surface area contributed by atoms with Crippen molar-refractivity contribution < 1.29 is 9.53 Å². The van der Waals surface area contributed by atoms with E-state index in [9.17, 15) is 4.79 Å². The van der Waals surface area contributed by atoms with Gasteiger partial charge >= 0.3 is 6.09 Å². The van der Waals surface area contributed by atoms with Gasteiger partial charge in [0.1, 0.15) is 11.4 Å². The van der Waals surface area contributed by atoms with E-state index in [4.69, 9.17) is 9.72 Å². The zero-order valence-electron chi connectivity index (χ0n) is 15.2. The average Bonchev–Trinajstić information content (AvgIpc) is 2.76. The number of pyridine rings is 1. The lowest BCUT2D eigenvalue weighted by Gasteiger charge is -2.28. The quantitative estimate of drug-likeness (QED) is 0.791. The van der Waals surface area contributed by atoms with Gasteiger partial charge in [0, 0.05) is 38.3 Å². The van der Waals surface area contributed by atoms with E-state index in [2.05, 4.69) is 17.0 Å². The van der Waals surface area contributed by atoms with Crippen molar-refractivity contribution in [3.05, 3.63) is 23.4 Å². The van der Waals surface area contributed by atoms with Gasteiger partial charge in [-0.15, -0.1) is 0 Å². The first-order valence-electron chi connectivity index (χ1n) is 9.14. The van der Waals surface area contributed by atoms with Gasteiger partial charge in [-0.05, 0) is 58.1 Å². The normalized spacial score (nSPS) is 18.8. The van der Waals surface area contributed by atoms with Crippen LogP contribution in [0.2, 0.25) is 0 Å². The van der Waals surface area contributed by atoms with Crippen LogP contribution in [0.4, 0.5) is 10.6 Å². The third kappa shape index (κ3) is 4.19. The van der Waals surface area contributed by atoms with Crippen molar-refractivity contribution in [3.8, 4) is 0 Å². The molecule has 0 unspecified atom stereocenters. The number of hydrogen-bond acceptors (Lipinski definition) is 4. The lowest BCUT2D eigenvalue weighted by atomic mass is 10.1. The summed E-state index contributed by atoms with van der Waals surface area (Å²) in [5.41, 5.74) is 1.96. The molecule has 24 heavy (non-hydrogen) atoms. The van der Waals surface area contributed by atoms with Crippen LogP contribution in [0.3, 0.4) is 0 Å². The van der Waals surface area contributed by atoms with Crippen molar-refractivity contribution in [3.63, 3.8) is 0 Å². The molecule has 0 radical (unpaired) electrons. The molecular formula is C19H29N3O2. The molecule has 5 nitrogen and oxygen atoms in total. The molecule has 132 valence electrons. The number of fused-ring (bicyclic) bond motifs is 1. The Hall–Kier alpha value is -1.78. The van der Waals surface area contributed by atoms with E-state index in [1.807, 2.05) is 25.7 Å². The molecule has 1 saturated heterocycles. The van der Waals surface area contributed by atoms with Gasteiger partial charge in [0.2, 0.25) is 0 Å². The Bertz CT molecular complexity index is 589. The first-order chi connectivity index (χ1) is 11.4. The van der Waals surface area contributed by atoms with Gasteiger partial charge in [0.05, 0.1) is 0 Å². The minimum Gasteiger partial charge on any atom is -0.444 e. The molecule has 5 heteroatoms. The predicted octanol–water partition coefficient (Wildman–Crippen LogP) is 3.41. The standard InChI is InChI=1S/C19H29N3O2/c1-19(2,3)24-18(23)22-13-9-15-7-8-17(20-16(15)10-14-22)21-11-5-4-6-12-21/h7-8H,4-6,9-14H2,1-3H3. The predicted molar refractivity (Wildman–Crippen MR) is 95.5 cm³/mol. The highest BCUT2D eigenvalue weighted by atomic mass is 16.6. The van der Waals surface area contributed by atoms with Crippen LogP contribution in [0.5, 0.6) is 0 Å². The summed E-state index contributed by atoms with van der Waals surface area (Å²) in [6, 6.07) is 4.35. The van der Waals surface area contributed by atoms with Gasteiger partial charge in [-0.25, -0.2) is 9.78 Å². The van der Waals surface area contributed by atoms with Crippen LogP contribution in [0.25, 0.3) is 0 Å². The van der Waals surface area contributed by atoms with Gasteiger partial charge in [-0.3, -0.25) is 0 Å². The highest BCUT2D eigenvalue weighted by molar-refractivity contribution is 5.68. The maximum absolute atomic E-state index is 12.3. The number of nitrogens with zero attached hydrogens (tertiary/aromatic N) is 3. The number of rotatable bonds is 1. The lowest BCUT2D eigenvalue weighted by Crippen LogP contribution is -2.38. The van der Waals surface area contributed by atoms with Crippen molar-refractivity contribution in [2.75, 3.05) is 31.1 Å². The van der Waals surface area contributed by atoms with Gasteiger partial charge in [-0.1, -0.05) is 6.07 Å². The van der Waals surface area contributed by atoms with E-state index in [1.165, 1.54) is 24.8 Å². The molecule has 1 aromatic rings. The average molecular weight is 331 g/mol. The maximum Gasteiger partial charge on any atom is 0.410 e. The summed E-state index contributed by atoms with van der Waals surface area (Å²) in [7, 11) is 0. The third-order valence-electron chi connectivity index (χ3n) is 4.66. The van der Waals surface area contributed by atoms with Crippen LogP contribution in [0.1, 0.15) is 51.3 Å². The third-order valence-corrected chi connectivity index (χ3v) is 4.66. The first kappa shape index (κ1) is 17.1. The summed E-state index contributed by atoms with van der Waals surface area (Å²) in [5, 5.41) is 0. The summed E-state index contributed by atoms with van der Waals surface area (Å²) in [6.45, 7) is 9.31. The molecule has 1 aromatic heterocycles. The fraction of sp³-hybridized carbons (Fsp3) is 0.684. The second kappa shape index (κ2) is 6.99. The molecule has 0 atom stereocenters. The molecule has 3 heterocycles. The lowest BCUT2D eigenvalue weighted by molar-refractivity contribution is 0.0258. The van der Waals surface area contributed by atoms with Crippen LogP contribution < -0.4 is 4.90 Å². The number of piperidine rings is 1. The molecule has 1 amide bonds. The summed E-state index contributed by atoms with van der Waals surface area (Å²) in [6.07, 6.45) is 5.27. The largest absolute Gasteiger partial charge is 0.444 e. The Balaban J connectivity index is 1.68. The Morgan fingerprint density at radius 3 is 2.46 bits per heavy atom. The van der Waals surface area contributed by atoms with E-state index in [1.54, 1.807) is 0 Å². The maximum atomic E-state index is 12.3. The van der Waals surface area contributed by atoms with E-state index < -0.39 is 5.60 Å². The Labute approximate surface area is 145 Å². The summed E-state index contributed by atoms with van der Waals surface area (Å²) < 4.78 is 5.51. The fourth-order valence-electron chi connectivity index (χ4n) is 3.38. The van der Waals surface area contributed by atoms with Gasteiger partial charge in [-0.2, -0.15) is 0 Å². The Morgan fingerprint density at radius 1 is 1.04 bits per heavy atom. The minimum absolute atomic E-state index is 0.216. The Kier molecular flexibility index (Phi) is 4.97. The molecule has 2 aliphatic heterocycles. The van der Waals surface area contributed by atoms with Gasteiger partial charge in [0.15, 0.2) is 0 Å². The van der Waals surface area contributed by atoms with E-state index in [-0.39, 0.29) is 6.09 Å². The highest BCUT2D eigenvalue weighted by Gasteiger charge is 2.25. The number of carbonyl (C=O) groups is 1. The summed E-state index contributed by atoms with van der Waals surface area (Å²) in [4.78, 5) is 21.4. The van der Waals surface area contributed by atoms with E-state index >= 15 is 0 Å². The monoisotopic (exact) mass is 331 g/mol. The second-order valence-electron chi connectivity index (χ2n) is 7.79. The minimum atomic E-state index is -0.448. The SMILES string of the molecule is CC(C)(C)OC(=O)N1CCc2ccc(N3CCCCC3)nc2CC1. The highest BCUT2D eigenvalue weighted by Crippen LogP contribution is 2.22. The number of carbonyl (C=O) groups excluding carboxylic acids is 1. The molecule has 3 rings (SSSR count). The zero-order valence-corrected chi connectivity index (χ0v) is 15.2. The first-order valence-corrected chi connectivity index (χ1v) is 9.14. The zero-order chi connectivity index (χ0) is 17.2. The van der Waals surface area contributed by atoms with Crippen molar-refractivity contribution in [2.24, 2.45) is 0 Å².